The fraction of sp³-hybridized carbons (Fsp3) is 0.278. The number of hydrogen-bond acceptors (Lipinski definition) is 3. The van der Waals surface area contributed by atoms with Crippen molar-refractivity contribution < 1.29 is 9.53 Å². The van der Waals surface area contributed by atoms with Gasteiger partial charge in [0.15, 0.2) is 0 Å². The Kier molecular flexibility index (Phi) is 4.02. The van der Waals surface area contributed by atoms with Gasteiger partial charge in [0.1, 0.15) is 6.04 Å². The van der Waals surface area contributed by atoms with Gasteiger partial charge in [0.2, 0.25) is 0 Å². The van der Waals surface area contributed by atoms with Gasteiger partial charge >= 0.3 is 5.97 Å². The number of carbonyl (C=O) groups is 1. The summed E-state index contributed by atoms with van der Waals surface area (Å²) in [5.74, 6) is -0.154. The van der Waals surface area contributed by atoms with Gasteiger partial charge in [0, 0.05) is 13.1 Å². The standard InChI is InChI=1S/C18H19NO2/c1-2-21-18(20)17-16-11-7-6-10-15(16)13-19(17)12-14-8-4-3-5-9-14/h3-11,17H,2,12-13H2,1H3. The highest BCUT2D eigenvalue weighted by molar-refractivity contribution is 5.79. The predicted molar refractivity (Wildman–Crippen MR) is 81.5 cm³/mol. The van der Waals surface area contributed by atoms with Crippen LogP contribution < -0.4 is 0 Å². The molecule has 0 radical (unpaired) electrons. The van der Waals surface area contributed by atoms with E-state index in [1.54, 1.807) is 0 Å². The molecule has 108 valence electrons. The number of hydrogen-bond donors (Lipinski definition) is 0. The number of fused-ring (bicyclic) bond motifs is 1. The van der Waals surface area contributed by atoms with Gasteiger partial charge in [0.25, 0.3) is 0 Å². The molecule has 21 heavy (non-hydrogen) atoms. The highest BCUT2D eigenvalue weighted by Crippen LogP contribution is 2.35. The number of carbonyl (C=O) groups excluding carboxylic acids is 1. The quantitative estimate of drug-likeness (QED) is 0.805. The molecule has 0 bridgehead atoms. The molecule has 2 aromatic carbocycles. The minimum atomic E-state index is -0.290. The zero-order valence-electron chi connectivity index (χ0n) is 12.2. The van der Waals surface area contributed by atoms with Crippen molar-refractivity contribution in [1.82, 2.24) is 4.90 Å². The van der Waals surface area contributed by atoms with Gasteiger partial charge in [-0.25, -0.2) is 4.79 Å². The third-order valence-electron chi connectivity index (χ3n) is 3.83. The van der Waals surface area contributed by atoms with E-state index in [-0.39, 0.29) is 12.0 Å². The first kappa shape index (κ1) is 13.8. The Hall–Kier alpha value is -2.13. The van der Waals surface area contributed by atoms with E-state index >= 15 is 0 Å². The molecule has 0 saturated heterocycles. The van der Waals surface area contributed by atoms with Crippen LogP contribution in [0.4, 0.5) is 0 Å². The first-order valence-electron chi connectivity index (χ1n) is 7.32. The van der Waals surface area contributed by atoms with Crippen LogP contribution in [0.5, 0.6) is 0 Å². The summed E-state index contributed by atoms with van der Waals surface area (Å²) in [7, 11) is 0. The van der Waals surface area contributed by atoms with Crippen LogP contribution in [0.1, 0.15) is 29.7 Å². The minimum absolute atomic E-state index is 0.154. The van der Waals surface area contributed by atoms with E-state index in [0.29, 0.717) is 6.61 Å². The maximum absolute atomic E-state index is 12.3. The highest BCUT2D eigenvalue weighted by Gasteiger charge is 2.36. The lowest BCUT2D eigenvalue weighted by Gasteiger charge is -2.23. The molecule has 1 unspecified atom stereocenters. The average molecular weight is 281 g/mol. The smallest absolute Gasteiger partial charge is 0.328 e. The first-order valence-corrected chi connectivity index (χ1v) is 7.32. The van der Waals surface area contributed by atoms with Crippen molar-refractivity contribution in [3.05, 3.63) is 71.3 Å². The van der Waals surface area contributed by atoms with Gasteiger partial charge in [-0.2, -0.15) is 0 Å². The van der Waals surface area contributed by atoms with Crippen LogP contribution >= 0.6 is 0 Å². The molecule has 0 aromatic heterocycles. The largest absolute Gasteiger partial charge is 0.465 e. The zero-order valence-corrected chi connectivity index (χ0v) is 12.2. The molecule has 2 aromatic rings. The monoisotopic (exact) mass is 281 g/mol. The number of ether oxygens (including phenoxy) is 1. The van der Waals surface area contributed by atoms with Crippen LogP contribution in [0.15, 0.2) is 54.6 Å². The van der Waals surface area contributed by atoms with E-state index in [0.717, 1.165) is 18.7 Å². The van der Waals surface area contributed by atoms with Crippen LogP contribution in [0, 0.1) is 0 Å². The normalized spacial score (nSPS) is 17.5. The lowest BCUT2D eigenvalue weighted by Crippen LogP contribution is -2.29. The molecule has 0 N–H and O–H groups in total. The van der Waals surface area contributed by atoms with Crippen LogP contribution in [0.25, 0.3) is 0 Å². The van der Waals surface area contributed by atoms with Crippen molar-refractivity contribution in [3.63, 3.8) is 0 Å². The molecule has 1 heterocycles. The second-order valence-corrected chi connectivity index (χ2v) is 5.24. The average Bonchev–Trinajstić information content (AvgIpc) is 2.86. The molecule has 0 amide bonds. The van der Waals surface area contributed by atoms with Crippen molar-refractivity contribution in [3.8, 4) is 0 Å². The van der Waals surface area contributed by atoms with E-state index in [2.05, 4.69) is 23.1 Å². The Bertz CT molecular complexity index is 624. The molecule has 1 aliphatic rings. The summed E-state index contributed by atoms with van der Waals surface area (Å²) in [5, 5.41) is 0. The Morgan fingerprint density at radius 3 is 2.62 bits per heavy atom. The highest BCUT2D eigenvalue weighted by atomic mass is 16.5. The van der Waals surface area contributed by atoms with E-state index in [1.165, 1.54) is 11.1 Å². The van der Waals surface area contributed by atoms with Gasteiger partial charge < -0.3 is 4.74 Å². The van der Waals surface area contributed by atoms with Crippen LogP contribution in [0.3, 0.4) is 0 Å². The Labute approximate surface area is 125 Å². The fourth-order valence-corrected chi connectivity index (χ4v) is 2.91. The second kappa shape index (κ2) is 6.10. The first-order chi connectivity index (χ1) is 10.3. The van der Waals surface area contributed by atoms with Crippen molar-refractivity contribution >= 4 is 5.97 Å². The minimum Gasteiger partial charge on any atom is -0.465 e. The lowest BCUT2D eigenvalue weighted by molar-refractivity contribution is -0.149. The number of esters is 1. The SMILES string of the molecule is CCOC(=O)C1c2ccccc2CN1Cc1ccccc1. The Morgan fingerprint density at radius 1 is 1.14 bits per heavy atom. The van der Waals surface area contributed by atoms with Gasteiger partial charge in [-0.3, -0.25) is 4.90 Å². The van der Waals surface area contributed by atoms with Crippen molar-refractivity contribution in [1.29, 1.82) is 0 Å². The molecule has 0 aliphatic carbocycles. The van der Waals surface area contributed by atoms with Crippen LogP contribution in [0.2, 0.25) is 0 Å². The number of rotatable bonds is 4. The molecule has 1 aliphatic heterocycles. The van der Waals surface area contributed by atoms with Gasteiger partial charge in [-0.15, -0.1) is 0 Å². The maximum atomic E-state index is 12.3. The van der Waals surface area contributed by atoms with Crippen molar-refractivity contribution in [2.24, 2.45) is 0 Å². The van der Waals surface area contributed by atoms with Gasteiger partial charge in [-0.1, -0.05) is 54.6 Å². The molecular weight excluding hydrogens is 262 g/mol. The number of nitrogens with zero attached hydrogens (tertiary/aromatic N) is 1. The van der Waals surface area contributed by atoms with Gasteiger partial charge in [-0.05, 0) is 23.6 Å². The van der Waals surface area contributed by atoms with Crippen LogP contribution in [-0.4, -0.2) is 17.5 Å². The van der Waals surface area contributed by atoms with Crippen LogP contribution in [-0.2, 0) is 22.6 Å². The second-order valence-electron chi connectivity index (χ2n) is 5.24. The third kappa shape index (κ3) is 2.83. The van der Waals surface area contributed by atoms with E-state index in [9.17, 15) is 4.79 Å². The Morgan fingerprint density at radius 2 is 1.86 bits per heavy atom. The number of benzene rings is 2. The van der Waals surface area contributed by atoms with Crippen molar-refractivity contribution in [2.75, 3.05) is 6.61 Å². The molecule has 3 rings (SSSR count). The van der Waals surface area contributed by atoms with Crippen molar-refractivity contribution in [2.45, 2.75) is 26.1 Å². The topological polar surface area (TPSA) is 29.5 Å². The molecule has 0 saturated carbocycles. The molecule has 0 spiro atoms. The molecule has 3 heteroatoms. The fourth-order valence-electron chi connectivity index (χ4n) is 2.91. The summed E-state index contributed by atoms with van der Waals surface area (Å²) >= 11 is 0. The van der Waals surface area contributed by atoms with E-state index in [1.807, 2.05) is 43.3 Å². The third-order valence-corrected chi connectivity index (χ3v) is 3.83. The van der Waals surface area contributed by atoms with E-state index in [4.69, 9.17) is 4.74 Å². The summed E-state index contributed by atoms with van der Waals surface area (Å²) < 4.78 is 5.27. The summed E-state index contributed by atoms with van der Waals surface area (Å²) in [6, 6.07) is 18.1. The maximum Gasteiger partial charge on any atom is 0.328 e. The predicted octanol–water partition coefficient (Wildman–Crippen LogP) is 3.31. The summed E-state index contributed by atoms with van der Waals surface area (Å²) in [6.07, 6.45) is 0. The summed E-state index contributed by atoms with van der Waals surface area (Å²) in [5.41, 5.74) is 3.50. The summed E-state index contributed by atoms with van der Waals surface area (Å²) in [4.78, 5) is 14.5. The molecular formula is C18H19NO2. The lowest BCUT2D eigenvalue weighted by atomic mass is 10.1. The summed E-state index contributed by atoms with van der Waals surface area (Å²) in [6.45, 7) is 3.80. The molecule has 3 nitrogen and oxygen atoms in total. The molecule has 0 fully saturated rings. The van der Waals surface area contributed by atoms with E-state index < -0.39 is 0 Å². The zero-order chi connectivity index (χ0) is 14.7. The molecule has 1 atom stereocenters. The Balaban J connectivity index is 1.88. The van der Waals surface area contributed by atoms with Gasteiger partial charge in [0.05, 0.1) is 6.61 Å².